The lowest BCUT2D eigenvalue weighted by Crippen LogP contribution is -2.41. The Hall–Kier alpha value is -0.420. The summed E-state index contributed by atoms with van der Waals surface area (Å²) in [6.07, 6.45) is 7.32. The second kappa shape index (κ2) is 7.73. The lowest BCUT2D eigenvalue weighted by atomic mass is 9.80. The molecule has 2 fully saturated rings. The first-order valence-electron chi connectivity index (χ1n) is 8.26. The first-order valence-corrected chi connectivity index (χ1v) is 9.75. The zero-order valence-corrected chi connectivity index (χ0v) is 13.8. The van der Waals surface area contributed by atoms with E-state index in [1.807, 2.05) is 6.92 Å². The van der Waals surface area contributed by atoms with Gasteiger partial charge in [0, 0.05) is 16.6 Å². The highest BCUT2D eigenvalue weighted by Gasteiger charge is 2.37. The van der Waals surface area contributed by atoms with Crippen LogP contribution in [0.3, 0.4) is 0 Å². The van der Waals surface area contributed by atoms with Crippen LogP contribution in [0.25, 0.3) is 0 Å². The summed E-state index contributed by atoms with van der Waals surface area (Å²) in [6.45, 7) is 2.22. The molecule has 1 N–H and O–H groups in total. The highest BCUT2D eigenvalue weighted by molar-refractivity contribution is 7.85. The molecular formula is C16H28O4S. The molecule has 0 saturated heterocycles. The topological polar surface area (TPSA) is 63.6 Å². The van der Waals surface area contributed by atoms with Gasteiger partial charge in [0.2, 0.25) is 0 Å². The van der Waals surface area contributed by atoms with Gasteiger partial charge in [0.05, 0.1) is 23.9 Å². The van der Waals surface area contributed by atoms with E-state index in [0.29, 0.717) is 44.0 Å². The van der Waals surface area contributed by atoms with Crippen molar-refractivity contribution >= 4 is 16.8 Å². The monoisotopic (exact) mass is 316 g/mol. The summed E-state index contributed by atoms with van der Waals surface area (Å²) in [5, 5.41) is 10.6. The predicted octanol–water partition coefficient (Wildman–Crippen LogP) is 2.41. The standard InChI is InChI=1S/C16H28O4S/c1-2-20-15(17)14-7-9-16(18,10-8-14)12-21(19)11-13-5-3-4-6-13/h13-14,18H,2-12H2,1H3. The smallest absolute Gasteiger partial charge is 0.308 e. The van der Waals surface area contributed by atoms with Crippen LogP contribution in [0, 0.1) is 11.8 Å². The molecule has 0 radical (unpaired) electrons. The Kier molecular flexibility index (Phi) is 6.23. The summed E-state index contributed by atoms with van der Waals surface area (Å²) in [7, 11) is -0.938. The molecule has 1 unspecified atom stereocenters. The molecule has 2 saturated carbocycles. The maximum Gasteiger partial charge on any atom is 0.308 e. The van der Waals surface area contributed by atoms with Crippen molar-refractivity contribution in [1.82, 2.24) is 0 Å². The Labute approximate surface area is 130 Å². The van der Waals surface area contributed by atoms with E-state index in [2.05, 4.69) is 0 Å². The minimum atomic E-state index is -0.938. The zero-order chi connectivity index (χ0) is 15.3. The van der Waals surface area contributed by atoms with Crippen molar-refractivity contribution in [2.45, 2.75) is 63.9 Å². The highest BCUT2D eigenvalue weighted by Crippen LogP contribution is 2.34. The molecule has 0 amide bonds. The molecule has 122 valence electrons. The van der Waals surface area contributed by atoms with Gasteiger partial charge in [-0.25, -0.2) is 0 Å². The molecule has 0 aromatic heterocycles. The fourth-order valence-electron chi connectivity index (χ4n) is 3.59. The van der Waals surface area contributed by atoms with Crippen LogP contribution < -0.4 is 0 Å². The third-order valence-electron chi connectivity index (χ3n) is 4.86. The average Bonchev–Trinajstić information content (AvgIpc) is 2.92. The molecule has 21 heavy (non-hydrogen) atoms. The van der Waals surface area contributed by atoms with Crippen molar-refractivity contribution in [3.63, 3.8) is 0 Å². The van der Waals surface area contributed by atoms with Crippen molar-refractivity contribution in [3.8, 4) is 0 Å². The zero-order valence-electron chi connectivity index (χ0n) is 13.0. The Balaban J connectivity index is 1.76. The Morgan fingerprint density at radius 1 is 1.24 bits per heavy atom. The van der Waals surface area contributed by atoms with Gasteiger partial charge in [-0.1, -0.05) is 12.8 Å². The van der Waals surface area contributed by atoms with E-state index in [0.717, 1.165) is 5.75 Å². The van der Waals surface area contributed by atoms with E-state index in [4.69, 9.17) is 4.74 Å². The molecule has 4 nitrogen and oxygen atoms in total. The van der Waals surface area contributed by atoms with Crippen molar-refractivity contribution in [2.75, 3.05) is 18.1 Å². The van der Waals surface area contributed by atoms with Gasteiger partial charge in [-0.15, -0.1) is 0 Å². The second-order valence-corrected chi connectivity index (χ2v) is 8.15. The number of carbonyl (C=O) groups is 1. The summed E-state index contributed by atoms with van der Waals surface area (Å²) in [5.74, 6) is 1.47. The SMILES string of the molecule is CCOC(=O)C1CCC(O)(CS(=O)CC2CCCC2)CC1. The van der Waals surface area contributed by atoms with Crippen molar-refractivity contribution in [1.29, 1.82) is 0 Å². The van der Waals surface area contributed by atoms with Crippen LogP contribution in [-0.4, -0.2) is 39.0 Å². The Bertz CT molecular complexity index is 368. The van der Waals surface area contributed by atoms with Gasteiger partial charge in [-0.3, -0.25) is 9.00 Å². The number of hydrogen-bond donors (Lipinski definition) is 1. The minimum absolute atomic E-state index is 0.0894. The number of rotatable bonds is 6. The normalized spacial score (nSPS) is 32.0. The van der Waals surface area contributed by atoms with Crippen LogP contribution >= 0.6 is 0 Å². The largest absolute Gasteiger partial charge is 0.466 e. The van der Waals surface area contributed by atoms with Gasteiger partial charge in [0.15, 0.2) is 0 Å². The molecule has 0 aliphatic heterocycles. The number of aliphatic hydroxyl groups is 1. The molecule has 2 aliphatic carbocycles. The van der Waals surface area contributed by atoms with E-state index < -0.39 is 16.4 Å². The number of hydrogen-bond acceptors (Lipinski definition) is 4. The van der Waals surface area contributed by atoms with Gasteiger partial charge in [0.25, 0.3) is 0 Å². The molecular weight excluding hydrogens is 288 g/mol. The summed E-state index contributed by atoms with van der Waals surface area (Å²) in [4.78, 5) is 11.7. The van der Waals surface area contributed by atoms with Crippen LogP contribution in [0.1, 0.15) is 58.3 Å². The van der Waals surface area contributed by atoms with Gasteiger partial charge < -0.3 is 9.84 Å². The van der Waals surface area contributed by atoms with E-state index in [1.54, 1.807) is 0 Å². The summed E-state index contributed by atoms with van der Waals surface area (Å²) in [6, 6.07) is 0. The summed E-state index contributed by atoms with van der Waals surface area (Å²) < 4.78 is 17.3. The number of ether oxygens (including phenoxy) is 1. The van der Waals surface area contributed by atoms with Crippen LogP contribution in [0.2, 0.25) is 0 Å². The lowest BCUT2D eigenvalue weighted by Gasteiger charge is -2.35. The fourth-order valence-corrected chi connectivity index (χ4v) is 5.46. The molecule has 0 aromatic carbocycles. The average molecular weight is 316 g/mol. The van der Waals surface area contributed by atoms with E-state index in [-0.39, 0.29) is 11.9 Å². The van der Waals surface area contributed by atoms with E-state index in [1.165, 1.54) is 25.7 Å². The predicted molar refractivity (Wildman–Crippen MR) is 83.4 cm³/mol. The summed E-state index contributed by atoms with van der Waals surface area (Å²) >= 11 is 0. The van der Waals surface area contributed by atoms with Crippen LogP contribution in [0.15, 0.2) is 0 Å². The van der Waals surface area contributed by atoms with Crippen molar-refractivity contribution < 1.29 is 18.8 Å². The van der Waals surface area contributed by atoms with Gasteiger partial charge in [0.1, 0.15) is 0 Å². The van der Waals surface area contributed by atoms with Crippen LogP contribution in [-0.2, 0) is 20.3 Å². The molecule has 2 aliphatic rings. The highest BCUT2D eigenvalue weighted by atomic mass is 32.2. The maximum absolute atomic E-state index is 12.2. The minimum Gasteiger partial charge on any atom is -0.466 e. The first-order chi connectivity index (χ1) is 10.0. The van der Waals surface area contributed by atoms with Crippen molar-refractivity contribution in [2.24, 2.45) is 11.8 Å². The van der Waals surface area contributed by atoms with Crippen LogP contribution in [0.5, 0.6) is 0 Å². The van der Waals surface area contributed by atoms with Crippen molar-refractivity contribution in [3.05, 3.63) is 0 Å². The third kappa shape index (κ3) is 5.06. The van der Waals surface area contributed by atoms with Gasteiger partial charge in [-0.05, 0) is 51.4 Å². The molecule has 1 atom stereocenters. The second-order valence-electron chi connectivity index (χ2n) is 6.65. The Morgan fingerprint density at radius 3 is 2.43 bits per heavy atom. The first kappa shape index (κ1) is 16.9. The molecule has 5 heteroatoms. The summed E-state index contributed by atoms with van der Waals surface area (Å²) in [5.41, 5.74) is -0.841. The molecule has 2 rings (SSSR count). The van der Waals surface area contributed by atoms with Crippen LogP contribution in [0.4, 0.5) is 0 Å². The molecule has 0 spiro atoms. The molecule has 0 aromatic rings. The lowest BCUT2D eigenvalue weighted by molar-refractivity contribution is -0.150. The van der Waals surface area contributed by atoms with Gasteiger partial charge in [-0.2, -0.15) is 0 Å². The Morgan fingerprint density at radius 2 is 1.86 bits per heavy atom. The number of esters is 1. The number of carbonyl (C=O) groups excluding carboxylic acids is 1. The quantitative estimate of drug-likeness (QED) is 0.764. The van der Waals surface area contributed by atoms with E-state index >= 15 is 0 Å². The molecule has 0 bridgehead atoms. The van der Waals surface area contributed by atoms with Gasteiger partial charge >= 0.3 is 5.97 Å². The maximum atomic E-state index is 12.2. The molecule has 0 heterocycles. The van der Waals surface area contributed by atoms with E-state index in [9.17, 15) is 14.1 Å². The third-order valence-corrected chi connectivity index (χ3v) is 6.56. The fraction of sp³-hybridized carbons (Fsp3) is 0.938.